The highest BCUT2D eigenvalue weighted by molar-refractivity contribution is 7.98. The van der Waals surface area contributed by atoms with E-state index in [0.29, 0.717) is 42.7 Å². The van der Waals surface area contributed by atoms with Gasteiger partial charge in [0.1, 0.15) is 12.1 Å². The molecular weight excluding hydrogens is 644 g/mol. The first-order chi connectivity index (χ1) is 22.8. The number of aliphatic carboxylic acids is 1. The second kappa shape index (κ2) is 19.7. The summed E-state index contributed by atoms with van der Waals surface area (Å²) in [4.78, 5) is 84.5. The molecule has 48 heavy (non-hydrogen) atoms. The number of nitrogens with one attached hydrogen (secondary N) is 4. The Labute approximate surface area is 282 Å². The number of rotatable bonds is 20. The van der Waals surface area contributed by atoms with E-state index in [1.807, 2.05) is 13.2 Å². The van der Waals surface area contributed by atoms with Gasteiger partial charge in [-0.05, 0) is 67.0 Å². The van der Waals surface area contributed by atoms with Crippen LogP contribution in [0.4, 0.5) is 11.4 Å². The second-order valence-electron chi connectivity index (χ2n) is 10.8. The van der Waals surface area contributed by atoms with E-state index >= 15 is 0 Å². The Morgan fingerprint density at radius 2 is 1.67 bits per heavy atom. The number of aryl methyl sites for hydroxylation is 1. The Morgan fingerprint density at radius 3 is 2.27 bits per heavy atom. The Hall–Kier alpha value is -4.92. The first-order valence-corrected chi connectivity index (χ1v) is 16.7. The van der Waals surface area contributed by atoms with Crippen LogP contribution in [0.3, 0.4) is 0 Å². The number of carbonyl (C=O) groups is 7. The molecule has 15 heteroatoms. The van der Waals surface area contributed by atoms with Crippen molar-refractivity contribution in [3.05, 3.63) is 58.7 Å². The SMILES string of the molecule is CCc1cc(C[C@H](NC(C)=O)C(=O)NCCCCC(=O)N[C@@H](CCSC)C(=O)OC)ccc1Nc1cccc(C(=O)C(=O)O)c1C(=O)O. The van der Waals surface area contributed by atoms with E-state index in [4.69, 9.17) is 9.84 Å². The number of carbonyl (C=O) groups excluding carboxylic acids is 5. The molecule has 0 unspecified atom stereocenters. The molecule has 0 spiro atoms. The van der Waals surface area contributed by atoms with Crippen molar-refractivity contribution in [1.29, 1.82) is 0 Å². The predicted molar refractivity (Wildman–Crippen MR) is 180 cm³/mol. The van der Waals surface area contributed by atoms with E-state index in [1.165, 1.54) is 26.2 Å². The Kier molecular flexibility index (Phi) is 16.1. The fourth-order valence-corrected chi connectivity index (χ4v) is 5.33. The number of aromatic carboxylic acids is 1. The van der Waals surface area contributed by atoms with E-state index < -0.39 is 58.7 Å². The van der Waals surface area contributed by atoms with Gasteiger partial charge in [0, 0.05) is 37.6 Å². The van der Waals surface area contributed by atoms with Crippen LogP contribution in [0.25, 0.3) is 0 Å². The van der Waals surface area contributed by atoms with Crippen molar-refractivity contribution in [2.24, 2.45) is 0 Å². The number of benzene rings is 2. The van der Waals surface area contributed by atoms with E-state index in [1.54, 1.807) is 30.0 Å². The van der Waals surface area contributed by atoms with Gasteiger partial charge in [0.15, 0.2) is 0 Å². The molecule has 0 bridgehead atoms. The third kappa shape index (κ3) is 12.0. The lowest BCUT2D eigenvalue weighted by atomic mass is 9.98. The zero-order valence-electron chi connectivity index (χ0n) is 27.3. The highest BCUT2D eigenvalue weighted by Crippen LogP contribution is 2.28. The number of amides is 3. The molecule has 0 aliphatic rings. The Morgan fingerprint density at radius 1 is 0.938 bits per heavy atom. The van der Waals surface area contributed by atoms with E-state index in [0.717, 1.165) is 11.6 Å². The number of carboxylic acids is 2. The Balaban J connectivity index is 2.07. The molecule has 2 atom stereocenters. The highest BCUT2D eigenvalue weighted by atomic mass is 32.2. The summed E-state index contributed by atoms with van der Waals surface area (Å²) in [5, 5.41) is 30.0. The molecule has 0 saturated heterocycles. The van der Waals surface area contributed by atoms with Gasteiger partial charge in [-0.15, -0.1) is 0 Å². The van der Waals surface area contributed by atoms with Gasteiger partial charge < -0.3 is 36.2 Å². The standard InChI is InChI=1S/C33H42N4O10S/c1-5-21-17-20(12-13-23(21)36-24-10-8-9-22(28(24)31(42)43)29(40)32(44)45)18-26(35-19(2)38)30(41)34-15-7-6-11-27(39)37-25(14-16-48-4)33(46)47-3/h8-10,12-13,17,25-26,36H,5-7,11,14-16,18H2,1-4H3,(H,34,41)(H,35,38)(H,37,39)(H,42,43)(H,44,45)/t25-,26-/m0/s1. The van der Waals surface area contributed by atoms with Gasteiger partial charge in [-0.25, -0.2) is 14.4 Å². The lowest BCUT2D eigenvalue weighted by Gasteiger charge is -2.20. The van der Waals surface area contributed by atoms with Crippen LogP contribution >= 0.6 is 11.8 Å². The normalized spacial score (nSPS) is 11.8. The number of carboxylic acid groups (broad SMARTS) is 2. The number of Topliss-reactive ketones (excluding diaryl/α,β-unsaturated/α-hetero) is 1. The summed E-state index contributed by atoms with van der Waals surface area (Å²) in [5.74, 6) is -5.52. The first kappa shape index (κ1) is 39.3. The average molecular weight is 687 g/mol. The maximum atomic E-state index is 13.0. The third-order valence-corrected chi connectivity index (χ3v) is 7.88. The molecule has 2 aromatic rings. The molecule has 0 fully saturated rings. The minimum Gasteiger partial charge on any atom is -0.478 e. The summed E-state index contributed by atoms with van der Waals surface area (Å²) >= 11 is 1.55. The molecule has 260 valence electrons. The highest BCUT2D eigenvalue weighted by Gasteiger charge is 2.26. The summed E-state index contributed by atoms with van der Waals surface area (Å²) in [6.45, 7) is 3.42. The van der Waals surface area contributed by atoms with Crippen molar-refractivity contribution >= 4 is 64.5 Å². The second-order valence-corrected chi connectivity index (χ2v) is 11.8. The molecular formula is C33H42N4O10S. The van der Waals surface area contributed by atoms with Crippen molar-refractivity contribution in [2.75, 3.05) is 31.0 Å². The topological polar surface area (TPSA) is 217 Å². The summed E-state index contributed by atoms with van der Waals surface area (Å²) in [6.07, 6.45) is 4.10. The molecule has 0 saturated carbocycles. The number of hydrogen-bond donors (Lipinski definition) is 6. The van der Waals surface area contributed by atoms with Gasteiger partial charge in [-0.2, -0.15) is 11.8 Å². The largest absolute Gasteiger partial charge is 0.478 e. The van der Waals surface area contributed by atoms with Crippen LogP contribution in [-0.2, 0) is 41.6 Å². The molecule has 0 aliphatic heterocycles. The molecule has 0 aliphatic carbocycles. The zero-order valence-corrected chi connectivity index (χ0v) is 28.2. The van der Waals surface area contributed by atoms with Gasteiger partial charge in [-0.1, -0.05) is 25.1 Å². The van der Waals surface area contributed by atoms with E-state index in [9.17, 15) is 38.7 Å². The lowest BCUT2D eigenvalue weighted by Crippen LogP contribution is -2.47. The van der Waals surface area contributed by atoms with Crippen LogP contribution in [0, 0.1) is 0 Å². The van der Waals surface area contributed by atoms with Crippen molar-refractivity contribution in [3.8, 4) is 0 Å². The van der Waals surface area contributed by atoms with Crippen molar-refractivity contribution in [2.45, 2.75) is 64.5 Å². The van der Waals surface area contributed by atoms with Crippen LogP contribution in [0.15, 0.2) is 36.4 Å². The minimum atomic E-state index is -1.78. The summed E-state index contributed by atoms with van der Waals surface area (Å²) in [7, 11) is 1.27. The van der Waals surface area contributed by atoms with Gasteiger partial charge >= 0.3 is 17.9 Å². The van der Waals surface area contributed by atoms with Crippen molar-refractivity contribution in [1.82, 2.24) is 16.0 Å². The maximum Gasteiger partial charge on any atom is 0.377 e. The smallest absolute Gasteiger partial charge is 0.377 e. The third-order valence-electron chi connectivity index (χ3n) is 7.23. The molecule has 14 nitrogen and oxygen atoms in total. The van der Waals surface area contributed by atoms with Crippen molar-refractivity contribution < 1.29 is 48.5 Å². The number of hydrogen-bond acceptors (Lipinski definition) is 10. The monoisotopic (exact) mass is 686 g/mol. The maximum absolute atomic E-state index is 13.0. The number of thioether (sulfide) groups is 1. The fraction of sp³-hybridized carbons (Fsp3) is 0.424. The predicted octanol–water partition coefficient (Wildman–Crippen LogP) is 2.70. The molecule has 0 radical (unpaired) electrons. The lowest BCUT2D eigenvalue weighted by molar-refractivity contribution is -0.145. The van der Waals surface area contributed by atoms with Crippen LogP contribution < -0.4 is 21.3 Å². The zero-order chi connectivity index (χ0) is 35.8. The van der Waals surface area contributed by atoms with Crippen LogP contribution in [0.2, 0.25) is 0 Å². The number of ether oxygens (including phenoxy) is 1. The quantitative estimate of drug-likeness (QED) is 0.0513. The van der Waals surface area contributed by atoms with Crippen LogP contribution in [0.5, 0.6) is 0 Å². The summed E-state index contributed by atoms with van der Waals surface area (Å²) < 4.78 is 4.75. The minimum absolute atomic E-state index is 0.0314. The molecule has 3 amide bonds. The van der Waals surface area contributed by atoms with E-state index in [-0.39, 0.29) is 31.0 Å². The number of esters is 1. The summed E-state index contributed by atoms with van der Waals surface area (Å²) in [6, 6.07) is 7.50. The van der Waals surface area contributed by atoms with Crippen LogP contribution in [0.1, 0.15) is 71.4 Å². The van der Waals surface area contributed by atoms with Gasteiger partial charge in [0.05, 0.1) is 18.4 Å². The molecule has 2 aromatic carbocycles. The number of unbranched alkanes of at least 4 members (excludes halogenated alkanes) is 1. The first-order valence-electron chi connectivity index (χ1n) is 15.3. The molecule has 0 aromatic heterocycles. The van der Waals surface area contributed by atoms with Crippen LogP contribution in [-0.4, -0.2) is 89.4 Å². The summed E-state index contributed by atoms with van der Waals surface area (Å²) in [5.41, 5.74) is 1.05. The fourth-order valence-electron chi connectivity index (χ4n) is 4.85. The van der Waals surface area contributed by atoms with Gasteiger partial charge in [0.2, 0.25) is 17.7 Å². The molecule has 0 heterocycles. The average Bonchev–Trinajstić information content (AvgIpc) is 3.05. The molecule has 2 rings (SSSR count). The van der Waals surface area contributed by atoms with Gasteiger partial charge in [0.25, 0.3) is 5.78 Å². The number of ketones is 1. The number of anilines is 2. The van der Waals surface area contributed by atoms with E-state index in [2.05, 4.69) is 21.3 Å². The number of methoxy groups -OCH3 is 1. The Bertz CT molecular complexity index is 1510. The van der Waals surface area contributed by atoms with Crippen molar-refractivity contribution in [3.63, 3.8) is 0 Å². The molecule has 6 N–H and O–H groups in total. The van der Waals surface area contributed by atoms with Gasteiger partial charge in [-0.3, -0.25) is 19.2 Å².